The van der Waals surface area contributed by atoms with E-state index in [1.807, 2.05) is 6.26 Å². The molecule has 0 saturated carbocycles. The molecule has 3 rings (SSSR count). The predicted octanol–water partition coefficient (Wildman–Crippen LogP) is 4.08. The average molecular weight is 214 g/mol. The van der Waals surface area contributed by atoms with E-state index >= 15 is 0 Å². The lowest BCUT2D eigenvalue weighted by Crippen LogP contribution is -2.32. The Balaban J connectivity index is 2.19. The largest absolute Gasteiger partial charge is 0.468 e. The van der Waals surface area contributed by atoms with Gasteiger partial charge in [-0.2, -0.15) is 0 Å². The smallest absolute Gasteiger partial charge is 0.114 e. The van der Waals surface area contributed by atoms with Crippen LogP contribution >= 0.6 is 0 Å². The maximum atomic E-state index is 5.71. The van der Waals surface area contributed by atoms with Gasteiger partial charge in [0.1, 0.15) is 5.76 Å². The normalized spacial score (nSPS) is 31.0. The van der Waals surface area contributed by atoms with E-state index in [9.17, 15) is 0 Å². The first kappa shape index (κ1) is 9.95. The number of allylic oxidation sites excluding steroid dienone is 3. The molecule has 0 N–H and O–H groups in total. The van der Waals surface area contributed by atoms with Crippen LogP contribution < -0.4 is 0 Å². The number of hydrogen-bond acceptors (Lipinski definition) is 1. The quantitative estimate of drug-likeness (QED) is 0.634. The van der Waals surface area contributed by atoms with Crippen LogP contribution in [0.25, 0.3) is 0 Å². The molecule has 0 amide bonds. The van der Waals surface area contributed by atoms with Gasteiger partial charge < -0.3 is 4.42 Å². The molecule has 1 aromatic heterocycles. The molecule has 0 aliphatic heterocycles. The highest BCUT2D eigenvalue weighted by Crippen LogP contribution is 2.53. The van der Waals surface area contributed by atoms with Crippen molar-refractivity contribution in [2.45, 2.75) is 32.6 Å². The fourth-order valence-corrected chi connectivity index (χ4v) is 3.39. The number of fused-ring (bicyclic) bond motifs is 4. The molecule has 2 atom stereocenters. The van der Waals surface area contributed by atoms with Crippen molar-refractivity contribution in [2.75, 3.05) is 0 Å². The highest BCUT2D eigenvalue weighted by molar-refractivity contribution is 5.38. The molecule has 1 heterocycles. The predicted molar refractivity (Wildman–Crippen MR) is 65.3 cm³/mol. The maximum absolute atomic E-state index is 5.71. The van der Waals surface area contributed by atoms with E-state index in [4.69, 9.17) is 4.42 Å². The molecule has 16 heavy (non-hydrogen) atoms. The lowest BCUT2D eigenvalue weighted by molar-refractivity contribution is 0.196. The van der Waals surface area contributed by atoms with Crippen LogP contribution in [0.4, 0.5) is 0 Å². The van der Waals surface area contributed by atoms with Gasteiger partial charge >= 0.3 is 0 Å². The highest BCUT2D eigenvalue weighted by atomic mass is 16.3. The molecular weight excluding hydrogens is 196 g/mol. The molecule has 2 aliphatic rings. The van der Waals surface area contributed by atoms with Gasteiger partial charge in [0.05, 0.1) is 6.26 Å². The molecule has 2 aliphatic carbocycles. The van der Waals surface area contributed by atoms with Gasteiger partial charge in [-0.3, -0.25) is 0 Å². The standard InChI is InChI=1S/C15H18O/c1-10-4-6-13-14-11(8-9-16-14)5-7-12(10)15(13,2)3/h4,6,8-9,12-13H,1,5,7H2,2-3H3/t12-,13-/m1/s1. The third-order valence-electron chi connectivity index (χ3n) is 4.42. The Morgan fingerprint density at radius 1 is 1.44 bits per heavy atom. The van der Waals surface area contributed by atoms with E-state index in [1.165, 1.54) is 23.3 Å². The summed E-state index contributed by atoms with van der Waals surface area (Å²) in [5.74, 6) is 2.18. The van der Waals surface area contributed by atoms with Crippen LogP contribution in [0.1, 0.15) is 37.5 Å². The molecule has 0 fully saturated rings. The first-order valence-corrected chi connectivity index (χ1v) is 6.04. The lowest BCUT2D eigenvalue weighted by Gasteiger charge is -2.41. The molecule has 2 bridgehead atoms. The lowest BCUT2D eigenvalue weighted by atomic mass is 9.63. The average Bonchev–Trinajstić information content (AvgIpc) is 2.62. The van der Waals surface area contributed by atoms with E-state index in [2.05, 4.69) is 38.6 Å². The minimum absolute atomic E-state index is 0.231. The van der Waals surface area contributed by atoms with Crippen molar-refractivity contribution in [2.24, 2.45) is 11.3 Å². The number of aryl methyl sites for hydroxylation is 1. The van der Waals surface area contributed by atoms with Gasteiger partial charge in [0.25, 0.3) is 0 Å². The Kier molecular flexibility index (Phi) is 1.95. The molecular formula is C15H18O. The van der Waals surface area contributed by atoms with Gasteiger partial charge in [0, 0.05) is 5.92 Å². The van der Waals surface area contributed by atoms with Crippen LogP contribution in [0, 0.1) is 11.3 Å². The van der Waals surface area contributed by atoms with E-state index in [-0.39, 0.29) is 5.41 Å². The Labute approximate surface area is 96.8 Å². The molecule has 1 heteroatoms. The fourth-order valence-electron chi connectivity index (χ4n) is 3.39. The number of rotatable bonds is 0. The molecule has 1 aromatic rings. The third-order valence-corrected chi connectivity index (χ3v) is 4.42. The van der Waals surface area contributed by atoms with Crippen LogP contribution in [-0.4, -0.2) is 0 Å². The fraction of sp³-hybridized carbons (Fsp3) is 0.467. The topological polar surface area (TPSA) is 13.1 Å². The van der Waals surface area contributed by atoms with Crippen molar-refractivity contribution in [1.82, 2.24) is 0 Å². The van der Waals surface area contributed by atoms with Crippen molar-refractivity contribution in [3.8, 4) is 0 Å². The van der Waals surface area contributed by atoms with Gasteiger partial charge in [0.15, 0.2) is 0 Å². The first-order chi connectivity index (χ1) is 7.60. The second-order valence-electron chi connectivity index (χ2n) is 5.63. The summed E-state index contributed by atoms with van der Waals surface area (Å²) in [6, 6.07) is 2.13. The van der Waals surface area contributed by atoms with Crippen molar-refractivity contribution in [3.05, 3.63) is 48.0 Å². The van der Waals surface area contributed by atoms with Crippen LogP contribution in [0.5, 0.6) is 0 Å². The highest BCUT2D eigenvalue weighted by Gasteiger charge is 2.44. The molecule has 84 valence electrons. The second-order valence-corrected chi connectivity index (χ2v) is 5.63. The van der Waals surface area contributed by atoms with Crippen LogP contribution in [0.2, 0.25) is 0 Å². The van der Waals surface area contributed by atoms with E-state index in [1.54, 1.807) is 0 Å². The van der Waals surface area contributed by atoms with Crippen molar-refractivity contribution < 1.29 is 4.42 Å². The van der Waals surface area contributed by atoms with E-state index in [0.29, 0.717) is 11.8 Å². The summed E-state index contributed by atoms with van der Waals surface area (Å²) in [5.41, 5.74) is 2.90. The number of furan rings is 1. The minimum atomic E-state index is 0.231. The Hall–Kier alpha value is -1.24. The van der Waals surface area contributed by atoms with Crippen LogP contribution in [0.3, 0.4) is 0 Å². The molecule has 0 radical (unpaired) electrons. The Morgan fingerprint density at radius 3 is 3.06 bits per heavy atom. The number of hydrogen-bond donors (Lipinski definition) is 0. The van der Waals surface area contributed by atoms with Gasteiger partial charge in [-0.05, 0) is 35.8 Å². The Morgan fingerprint density at radius 2 is 2.25 bits per heavy atom. The summed E-state index contributed by atoms with van der Waals surface area (Å²) >= 11 is 0. The summed E-state index contributed by atoms with van der Waals surface area (Å²) in [6.07, 6.45) is 8.61. The van der Waals surface area contributed by atoms with Gasteiger partial charge in [-0.25, -0.2) is 0 Å². The zero-order valence-corrected chi connectivity index (χ0v) is 9.99. The van der Waals surface area contributed by atoms with Crippen LogP contribution in [-0.2, 0) is 6.42 Å². The second kappa shape index (κ2) is 3.13. The van der Waals surface area contributed by atoms with Gasteiger partial charge in [-0.15, -0.1) is 0 Å². The first-order valence-electron chi connectivity index (χ1n) is 6.04. The van der Waals surface area contributed by atoms with Crippen molar-refractivity contribution in [1.29, 1.82) is 0 Å². The minimum Gasteiger partial charge on any atom is -0.468 e. The van der Waals surface area contributed by atoms with Crippen molar-refractivity contribution >= 4 is 0 Å². The summed E-state index contributed by atoms with van der Waals surface area (Å²) in [7, 11) is 0. The monoisotopic (exact) mass is 214 g/mol. The van der Waals surface area contributed by atoms with E-state index in [0.717, 1.165) is 6.42 Å². The van der Waals surface area contributed by atoms with E-state index < -0.39 is 0 Å². The SMILES string of the molecule is C=C1C=C[C@@H]2c3occc3CC[C@H]1C2(C)C. The van der Waals surface area contributed by atoms with Gasteiger partial charge in [-0.1, -0.05) is 38.2 Å². The maximum Gasteiger partial charge on any atom is 0.114 e. The molecule has 0 aromatic carbocycles. The zero-order chi connectivity index (χ0) is 11.3. The Bertz CT molecular complexity index is 462. The summed E-state index contributed by atoms with van der Waals surface area (Å²) < 4.78 is 5.71. The van der Waals surface area contributed by atoms with Crippen molar-refractivity contribution in [3.63, 3.8) is 0 Å². The zero-order valence-electron chi connectivity index (χ0n) is 9.99. The summed E-state index contributed by atoms with van der Waals surface area (Å²) in [6.45, 7) is 8.89. The summed E-state index contributed by atoms with van der Waals surface area (Å²) in [4.78, 5) is 0. The van der Waals surface area contributed by atoms with Crippen LogP contribution in [0.15, 0.2) is 41.1 Å². The molecule has 1 nitrogen and oxygen atoms in total. The summed E-state index contributed by atoms with van der Waals surface area (Å²) in [5, 5.41) is 0. The molecule has 0 saturated heterocycles. The third kappa shape index (κ3) is 1.17. The molecule has 0 unspecified atom stereocenters. The van der Waals surface area contributed by atoms with Gasteiger partial charge in [0.2, 0.25) is 0 Å². The molecule has 0 spiro atoms.